The first-order valence-corrected chi connectivity index (χ1v) is 14.0. The summed E-state index contributed by atoms with van der Waals surface area (Å²) in [5, 5.41) is 12.4. The lowest BCUT2D eigenvalue weighted by Crippen LogP contribution is -2.47. The Hall–Kier alpha value is -4.02. The first kappa shape index (κ1) is 27.2. The molecule has 8 nitrogen and oxygen atoms in total. The molecule has 0 saturated carbocycles. The number of halogens is 2. The fraction of sp³-hybridized carbons (Fsp3) is 0.355. The van der Waals surface area contributed by atoms with Gasteiger partial charge in [-0.1, -0.05) is 6.07 Å². The number of hydrogen-bond donors (Lipinski definition) is 3. The summed E-state index contributed by atoms with van der Waals surface area (Å²) >= 11 is 0. The lowest BCUT2D eigenvalue weighted by Gasteiger charge is -2.37. The van der Waals surface area contributed by atoms with Crippen LogP contribution in [0.4, 0.5) is 20.2 Å². The molecule has 4 aromatic rings. The van der Waals surface area contributed by atoms with E-state index in [4.69, 9.17) is 10.8 Å². The van der Waals surface area contributed by atoms with E-state index in [1.807, 2.05) is 30.3 Å². The highest BCUT2D eigenvalue weighted by Gasteiger charge is 2.28. The largest absolute Gasteiger partial charge is 0.383 e. The van der Waals surface area contributed by atoms with Crippen LogP contribution in [0.2, 0.25) is 0 Å². The number of likely N-dealkylation sites (N-methyl/N-ethyl adjacent to an activating group) is 1. The summed E-state index contributed by atoms with van der Waals surface area (Å²) in [5.41, 5.74) is 11.8. The van der Waals surface area contributed by atoms with E-state index in [0.29, 0.717) is 41.4 Å². The van der Waals surface area contributed by atoms with Crippen molar-refractivity contribution in [2.45, 2.75) is 6.42 Å². The molecule has 4 N–H and O–H groups in total. The summed E-state index contributed by atoms with van der Waals surface area (Å²) in [6.07, 6.45) is 0.363. The van der Waals surface area contributed by atoms with Crippen LogP contribution >= 0.6 is 0 Å². The van der Waals surface area contributed by atoms with Gasteiger partial charge in [-0.15, -0.1) is 0 Å². The zero-order chi connectivity index (χ0) is 28.7. The first-order chi connectivity index (χ1) is 19.7. The highest BCUT2D eigenvalue weighted by Crippen LogP contribution is 2.42. The van der Waals surface area contributed by atoms with Gasteiger partial charge in [-0.2, -0.15) is 5.10 Å². The minimum absolute atomic E-state index is 0.363. The maximum Gasteiger partial charge on any atom is 0.250 e. The molecule has 0 atom stereocenters. The van der Waals surface area contributed by atoms with Crippen molar-refractivity contribution in [2.75, 3.05) is 70.1 Å². The number of piperazine rings is 1. The number of nitrogens with one attached hydrogen (secondary N) is 2. The highest BCUT2D eigenvalue weighted by atomic mass is 19.1. The summed E-state index contributed by atoms with van der Waals surface area (Å²) in [6, 6.07) is 13.2. The molecule has 1 aromatic heterocycles. The molecule has 1 amide bonds. The Bertz CT molecular complexity index is 1570. The van der Waals surface area contributed by atoms with Crippen LogP contribution in [-0.2, 0) is 6.42 Å². The summed E-state index contributed by atoms with van der Waals surface area (Å²) < 4.78 is 27.8. The van der Waals surface area contributed by atoms with Crippen molar-refractivity contribution in [1.82, 2.24) is 20.0 Å². The second-order valence-corrected chi connectivity index (χ2v) is 11.4. The number of primary amides is 1. The fourth-order valence-electron chi connectivity index (χ4n) is 6.05. The maximum absolute atomic E-state index is 13.9. The molecule has 2 aliphatic heterocycles. The summed E-state index contributed by atoms with van der Waals surface area (Å²) in [6.45, 7) is 6.20. The third-order valence-electron chi connectivity index (χ3n) is 8.19. The smallest absolute Gasteiger partial charge is 0.250 e. The average Bonchev–Trinajstić information content (AvgIpc) is 3.32. The number of anilines is 2. The van der Waals surface area contributed by atoms with Gasteiger partial charge in [0, 0.05) is 68.9 Å². The van der Waals surface area contributed by atoms with Crippen molar-refractivity contribution < 1.29 is 13.6 Å². The monoisotopic (exact) mass is 559 g/mol. The number of likely N-dealkylation sites (tertiary alicyclic amines) is 1. The Balaban J connectivity index is 1.47. The van der Waals surface area contributed by atoms with Crippen LogP contribution in [0.1, 0.15) is 21.5 Å². The third-order valence-corrected chi connectivity index (χ3v) is 8.19. The highest BCUT2D eigenvalue weighted by molar-refractivity contribution is 6.08. The number of rotatable bonds is 8. The average molecular weight is 560 g/mol. The molecular formula is C31H35F2N7O. The van der Waals surface area contributed by atoms with Crippen molar-refractivity contribution >= 4 is 28.2 Å². The SMILES string of the molecule is CN1CCN(c2ccc(C(N)=O)c(NCC3CN(C)C3)c2-c2n[nH]c3ccc(Cc4cc(F)cc(F)c4)cc23)CC1. The Morgan fingerprint density at radius 3 is 2.39 bits per heavy atom. The van der Waals surface area contributed by atoms with Crippen LogP contribution in [0.5, 0.6) is 0 Å². The molecule has 2 saturated heterocycles. The standard InChI is InChI=1S/C31H35F2N7O/c1-38-7-9-40(10-8-38)27-6-4-24(31(34)41)29(35-16-21-17-39(2)18-21)28(27)30-25-14-19(3-5-26(25)36-37-30)11-20-12-22(32)15-23(33)13-20/h3-6,12-15,21,35H,7-11,16-18H2,1-2H3,(H2,34,41)(H,36,37). The molecule has 0 bridgehead atoms. The van der Waals surface area contributed by atoms with Crippen LogP contribution in [-0.4, -0.2) is 85.8 Å². The number of carbonyl (C=O) groups is 1. The number of nitrogens with two attached hydrogens (primary N) is 1. The summed E-state index contributed by atoms with van der Waals surface area (Å²) in [4.78, 5) is 19.6. The van der Waals surface area contributed by atoms with E-state index in [0.717, 1.165) is 73.1 Å². The number of amides is 1. The van der Waals surface area contributed by atoms with E-state index >= 15 is 0 Å². The van der Waals surface area contributed by atoms with Crippen molar-refractivity contribution in [3.63, 3.8) is 0 Å². The predicted molar refractivity (Wildman–Crippen MR) is 158 cm³/mol. The fourth-order valence-corrected chi connectivity index (χ4v) is 6.05. The normalized spacial score (nSPS) is 16.7. The number of hydrogen-bond acceptors (Lipinski definition) is 6. The Morgan fingerprint density at radius 1 is 0.976 bits per heavy atom. The van der Waals surface area contributed by atoms with Crippen LogP contribution in [0.25, 0.3) is 22.2 Å². The van der Waals surface area contributed by atoms with Crippen molar-refractivity contribution in [1.29, 1.82) is 0 Å². The first-order valence-electron chi connectivity index (χ1n) is 14.0. The lowest BCUT2D eigenvalue weighted by atomic mass is 9.95. The van der Waals surface area contributed by atoms with Gasteiger partial charge < -0.3 is 25.8 Å². The molecule has 0 spiro atoms. The number of aromatic amines is 1. The molecular weight excluding hydrogens is 524 g/mol. The molecule has 10 heteroatoms. The second kappa shape index (κ2) is 11.1. The van der Waals surface area contributed by atoms with Gasteiger partial charge in [-0.3, -0.25) is 9.89 Å². The van der Waals surface area contributed by atoms with E-state index in [1.54, 1.807) is 0 Å². The Morgan fingerprint density at radius 2 is 1.71 bits per heavy atom. The minimum atomic E-state index is -0.599. The van der Waals surface area contributed by atoms with Crippen LogP contribution in [0.15, 0.2) is 48.5 Å². The van der Waals surface area contributed by atoms with Gasteiger partial charge in [0.05, 0.1) is 22.3 Å². The van der Waals surface area contributed by atoms with E-state index < -0.39 is 17.5 Å². The van der Waals surface area contributed by atoms with Gasteiger partial charge >= 0.3 is 0 Å². The Labute approximate surface area is 238 Å². The molecule has 0 radical (unpaired) electrons. The molecule has 41 heavy (non-hydrogen) atoms. The quantitative estimate of drug-likeness (QED) is 0.303. The van der Waals surface area contributed by atoms with E-state index in [2.05, 4.69) is 39.2 Å². The van der Waals surface area contributed by atoms with E-state index in [-0.39, 0.29) is 0 Å². The number of fused-ring (bicyclic) bond motifs is 1. The van der Waals surface area contributed by atoms with Crippen molar-refractivity contribution in [3.05, 3.63) is 76.9 Å². The number of carbonyl (C=O) groups excluding carboxylic acids is 1. The predicted octanol–water partition coefficient (Wildman–Crippen LogP) is 3.92. The van der Waals surface area contributed by atoms with Crippen LogP contribution < -0.4 is 16.0 Å². The number of aromatic nitrogens is 2. The zero-order valence-corrected chi connectivity index (χ0v) is 23.4. The third kappa shape index (κ3) is 5.62. The Kier molecular flexibility index (Phi) is 7.35. The van der Waals surface area contributed by atoms with Gasteiger partial charge in [0.2, 0.25) is 0 Å². The van der Waals surface area contributed by atoms with Gasteiger partial charge in [-0.25, -0.2) is 8.78 Å². The lowest BCUT2D eigenvalue weighted by molar-refractivity contribution is 0.100. The van der Waals surface area contributed by atoms with Gasteiger partial charge in [0.25, 0.3) is 5.91 Å². The second-order valence-electron chi connectivity index (χ2n) is 11.4. The number of H-pyrrole nitrogens is 1. The zero-order valence-electron chi connectivity index (χ0n) is 23.4. The van der Waals surface area contributed by atoms with Crippen LogP contribution in [0, 0.1) is 17.6 Å². The molecule has 214 valence electrons. The molecule has 0 unspecified atom stereocenters. The van der Waals surface area contributed by atoms with E-state index in [9.17, 15) is 13.6 Å². The van der Waals surface area contributed by atoms with Crippen molar-refractivity contribution in [2.24, 2.45) is 11.7 Å². The maximum atomic E-state index is 13.9. The molecule has 6 rings (SSSR count). The topological polar surface area (TPSA) is 93.5 Å². The summed E-state index contributed by atoms with van der Waals surface area (Å²) in [7, 11) is 4.21. The van der Waals surface area contributed by atoms with Gasteiger partial charge in [0.15, 0.2) is 0 Å². The van der Waals surface area contributed by atoms with E-state index in [1.165, 1.54) is 12.1 Å². The number of nitrogens with zero attached hydrogens (tertiary/aromatic N) is 4. The van der Waals surface area contributed by atoms with Crippen molar-refractivity contribution in [3.8, 4) is 11.3 Å². The van der Waals surface area contributed by atoms with Crippen LogP contribution in [0.3, 0.4) is 0 Å². The molecule has 3 heterocycles. The summed E-state index contributed by atoms with van der Waals surface area (Å²) in [5.74, 6) is -1.23. The molecule has 2 fully saturated rings. The molecule has 3 aromatic carbocycles. The molecule has 2 aliphatic rings. The molecule has 0 aliphatic carbocycles. The van der Waals surface area contributed by atoms with Gasteiger partial charge in [-0.05, 0) is 68.0 Å². The van der Waals surface area contributed by atoms with Gasteiger partial charge in [0.1, 0.15) is 17.3 Å². The number of benzene rings is 3. The minimum Gasteiger partial charge on any atom is -0.383 e.